The normalized spacial score (nSPS) is 14.3. The van der Waals surface area contributed by atoms with Crippen LogP contribution in [0.1, 0.15) is 0 Å². The van der Waals surface area contributed by atoms with E-state index in [9.17, 15) is 9.90 Å². The zero-order valence-electron chi connectivity index (χ0n) is 9.24. The molecule has 0 aromatic rings. The molecule has 2 atom stereocenters. The summed E-state index contributed by atoms with van der Waals surface area (Å²) in [7, 11) is 0. The molecule has 0 heterocycles. The number of carboxylic acids is 1. The minimum absolute atomic E-state index is 0. The van der Waals surface area contributed by atoms with Gasteiger partial charge in [0.05, 0.1) is 31.4 Å². The number of rotatable bonds is 8. The van der Waals surface area contributed by atoms with Crippen molar-refractivity contribution in [1.29, 1.82) is 0 Å². The number of nitrogens with zero attached hydrogens (tertiary/aromatic N) is 1. The minimum atomic E-state index is -1.36. The molecule has 0 saturated heterocycles. The molecule has 8 heteroatoms. The molecule has 0 aliphatic carbocycles. The maximum Gasteiger partial charge on any atom is 1.00 e. The van der Waals surface area contributed by atoms with Gasteiger partial charge in [0.25, 0.3) is 0 Å². The fourth-order valence-corrected chi connectivity index (χ4v) is 1.10. The van der Waals surface area contributed by atoms with E-state index in [0.717, 1.165) is 0 Å². The zero-order chi connectivity index (χ0) is 11.8. The van der Waals surface area contributed by atoms with Crippen molar-refractivity contribution in [2.24, 2.45) is 0 Å². The topological polar surface area (TPSA) is 124 Å². The molecule has 4 N–H and O–H groups in total. The molecule has 90 valence electrons. The zero-order valence-corrected chi connectivity index (χ0v) is 11.2. The molecule has 7 nitrogen and oxygen atoms in total. The van der Waals surface area contributed by atoms with Crippen molar-refractivity contribution < 1.29 is 59.9 Å². The first-order valence-corrected chi connectivity index (χ1v) is 4.49. The number of carbonyl (C=O) groups excluding carboxylic acids is 1. The maximum absolute atomic E-state index is 10.3. The van der Waals surface area contributed by atoms with E-state index in [1.54, 1.807) is 0 Å². The molecule has 0 aromatic heterocycles. The Balaban J connectivity index is 0. The van der Waals surface area contributed by atoms with Crippen molar-refractivity contribution >= 4 is 5.97 Å². The van der Waals surface area contributed by atoms with Crippen LogP contribution in [0.25, 0.3) is 0 Å². The summed E-state index contributed by atoms with van der Waals surface area (Å²) in [4.78, 5) is 11.5. The van der Waals surface area contributed by atoms with Crippen LogP contribution >= 0.6 is 0 Å². The van der Waals surface area contributed by atoms with Gasteiger partial charge in [-0.05, 0) is 0 Å². The second-order valence-electron chi connectivity index (χ2n) is 3.24. The van der Waals surface area contributed by atoms with Gasteiger partial charge in [0.1, 0.15) is 0 Å². The number of aliphatic carboxylic acids is 1. The molecule has 2 unspecified atom stereocenters. The molecule has 0 rings (SSSR count). The van der Waals surface area contributed by atoms with E-state index in [0.29, 0.717) is 0 Å². The van der Waals surface area contributed by atoms with Crippen LogP contribution in [0.15, 0.2) is 0 Å². The Bertz CT molecular complexity index is 181. The van der Waals surface area contributed by atoms with Gasteiger partial charge in [0.2, 0.25) is 0 Å². The summed E-state index contributed by atoms with van der Waals surface area (Å²) in [6, 6.07) is 0. The first-order chi connectivity index (χ1) is 6.99. The summed E-state index contributed by atoms with van der Waals surface area (Å²) in [6.07, 6.45) is -2.18. The van der Waals surface area contributed by atoms with Crippen LogP contribution in [-0.2, 0) is 4.79 Å². The van der Waals surface area contributed by atoms with Gasteiger partial charge in [-0.3, -0.25) is 4.90 Å². The van der Waals surface area contributed by atoms with E-state index >= 15 is 0 Å². The molecule has 0 aliphatic rings. The van der Waals surface area contributed by atoms with Crippen molar-refractivity contribution in [2.75, 3.05) is 32.8 Å². The Kier molecular flexibility index (Phi) is 12.1. The Hall–Kier alpha value is 0.270. The molecule has 0 aliphatic heterocycles. The molecule has 0 aromatic carbocycles. The first kappa shape index (κ1) is 18.6. The van der Waals surface area contributed by atoms with Crippen molar-refractivity contribution in [3.05, 3.63) is 0 Å². The Labute approximate surface area is 116 Å². The van der Waals surface area contributed by atoms with Crippen LogP contribution in [0.5, 0.6) is 0 Å². The predicted octanol–water partition coefficient (Wildman–Crippen LogP) is -7.25. The fourth-order valence-electron chi connectivity index (χ4n) is 1.10. The van der Waals surface area contributed by atoms with Crippen LogP contribution in [0, 0.1) is 0 Å². The second kappa shape index (κ2) is 10.4. The summed E-state index contributed by atoms with van der Waals surface area (Å²) in [5.41, 5.74) is 0. The van der Waals surface area contributed by atoms with Gasteiger partial charge in [-0.2, -0.15) is 0 Å². The third kappa shape index (κ3) is 9.49. The molecule has 0 spiro atoms. The third-order valence-corrected chi connectivity index (χ3v) is 1.71. The van der Waals surface area contributed by atoms with Crippen LogP contribution in [-0.4, -0.2) is 76.4 Å². The average molecular weight is 245 g/mol. The second-order valence-corrected chi connectivity index (χ2v) is 3.24. The first-order valence-electron chi connectivity index (χ1n) is 4.49. The average Bonchev–Trinajstić information content (AvgIpc) is 2.16. The van der Waals surface area contributed by atoms with Gasteiger partial charge in [-0.25, -0.2) is 0 Å². The van der Waals surface area contributed by atoms with Crippen LogP contribution in [0.4, 0.5) is 0 Å². The van der Waals surface area contributed by atoms with Gasteiger partial charge in [0, 0.05) is 19.6 Å². The molecule has 16 heavy (non-hydrogen) atoms. The number of hydrogen-bond acceptors (Lipinski definition) is 7. The summed E-state index contributed by atoms with van der Waals surface area (Å²) >= 11 is 0. The standard InChI is InChI=1S/C8H17NO6.Na/c10-4-6(12)1-9(3-8(14)15)2-7(13)5-11;/h6-7,10-13H,1-5H2,(H,14,15);/q;+1/p-1. The van der Waals surface area contributed by atoms with Crippen LogP contribution in [0.3, 0.4) is 0 Å². The number of hydrogen-bond donors (Lipinski definition) is 4. The van der Waals surface area contributed by atoms with Crippen molar-refractivity contribution in [3.63, 3.8) is 0 Å². The molecule has 0 radical (unpaired) electrons. The van der Waals surface area contributed by atoms with E-state index in [1.165, 1.54) is 4.90 Å². The fraction of sp³-hybridized carbons (Fsp3) is 0.875. The van der Waals surface area contributed by atoms with Crippen molar-refractivity contribution in [3.8, 4) is 0 Å². The van der Waals surface area contributed by atoms with Crippen LogP contribution in [0.2, 0.25) is 0 Å². The maximum atomic E-state index is 10.3. The van der Waals surface area contributed by atoms with E-state index in [1.807, 2.05) is 0 Å². The molecule has 0 bridgehead atoms. The predicted molar refractivity (Wildman–Crippen MR) is 47.6 cm³/mol. The van der Waals surface area contributed by atoms with Crippen LogP contribution < -0.4 is 34.7 Å². The molecular weight excluding hydrogens is 229 g/mol. The minimum Gasteiger partial charge on any atom is -0.549 e. The molecule has 0 amide bonds. The largest absolute Gasteiger partial charge is 1.00 e. The Morgan fingerprint density at radius 1 is 1.12 bits per heavy atom. The number of aliphatic hydroxyl groups excluding tert-OH is 4. The summed E-state index contributed by atoms with van der Waals surface area (Å²) in [5.74, 6) is -1.36. The van der Waals surface area contributed by atoms with Crippen molar-refractivity contribution in [1.82, 2.24) is 4.90 Å². The number of carboxylic acid groups (broad SMARTS) is 1. The monoisotopic (exact) mass is 245 g/mol. The van der Waals surface area contributed by atoms with Gasteiger partial charge in [-0.1, -0.05) is 0 Å². The van der Waals surface area contributed by atoms with E-state index in [4.69, 9.17) is 20.4 Å². The van der Waals surface area contributed by atoms with Gasteiger partial charge >= 0.3 is 29.6 Å². The summed E-state index contributed by atoms with van der Waals surface area (Å²) < 4.78 is 0. The number of aliphatic hydroxyl groups is 4. The third-order valence-electron chi connectivity index (χ3n) is 1.71. The quantitative estimate of drug-likeness (QED) is 0.313. The van der Waals surface area contributed by atoms with E-state index in [2.05, 4.69) is 0 Å². The SMILES string of the molecule is O=C([O-])CN(CC(O)CO)CC(O)CO.[Na+]. The van der Waals surface area contributed by atoms with E-state index in [-0.39, 0.29) is 42.6 Å². The van der Waals surface area contributed by atoms with Gasteiger partial charge in [0.15, 0.2) is 0 Å². The molecule has 0 fully saturated rings. The molecule has 0 saturated carbocycles. The summed E-state index contributed by atoms with van der Waals surface area (Å²) in [6.45, 7) is -1.70. The van der Waals surface area contributed by atoms with E-state index < -0.39 is 37.9 Å². The number of carbonyl (C=O) groups is 1. The van der Waals surface area contributed by atoms with Gasteiger partial charge in [-0.15, -0.1) is 0 Å². The Morgan fingerprint density at radius 3 is 1.75 bits per heavy atom. The smallest absolute Gasteiger partial charge is 0.549 e. The molecular formula is C8H16NNaO6. The van der Waals surface area contributed by atoms with Gasteiger partial charge < -0.3 is 30.3 Å². The summed E-state index contributed by atoms with van der Waals surface area (Å²) in [5, 5.41) is 45.6. The van der Waals surface area contributed by atoms with Crippen molar-refractivity contribution in [2.45, 2.75) is 12.2 Å². The Morgan fingerprint density at radius 2 is 1.50 bits per heavy atom.